The van der Waals surface area contributed by atoms with Gasteiger partial charge in [-0.2, -0.15) is 0 Å². The molecular formula is C26H33IN4O2. The first-order valence-electron chi connectivity index (χ1n) is 11.6. The van der Waals surface area contributed by atoms with Crippen molar-refractivity contribution in [2.45, 2.75) is 33.1 Å². The van der Waals surface area contributed by atoms with E-state index in [1.54, 1.807) is 6.07 Å². The normalized spacial score (nSPS) is 17.2. The maximum Gasteiger partial charge on any atom is 0.165 e. The first kappa shape index (κ1) is 24.0. The second-order valence-electron chi connectivity index (χ2n) is 8.55. The number of anilines is 1. The van der Waals surface area contributed by atoms with Crippen LogP contribution in [0.15, 0.2) is 42.5 Å². The number of nitrogens with one attached hydrogen (secondary N) is 1. The van der Waals surface area contributed by atoms with Crippen molar-refractivity contribution in [3.63, 3.8) is 0 Å². The van der Waals surface area contributed by atoms with Crippen molar-refractivity contribution in [1.82, 2.24) is 15.3 Å². The number of phenolic OH excluding ortho intramolecular Hbond substituents is 1. The maximum atomic E-state index is 10.4. The molecule has 3 aromatic rings. The number of halogens is 1. The molecule has 1 saturated heterocycles. The van der Waals surface area contributed by atoms with Crippen LogP contribution >= 0.6 is 20.7 Å². The van der Waals surface area contributed by atoms with Gasteiger partial charge in [0.05, 0.1) is 17.7 Å². The number of aryl methyl sites for hydroxylation is 1. The summed E-state index contributed by atoms with van der Waals surface area (Å²) in [6.07, 6.45) is 3.36. The average Bonchev–Trinajstić information content (AvgIpc) is 2.83. The Bertz CT molecular complexity index is 1130. The van der Waals surface area contributed by atoms with Crippen LogP contribution in [0, 0.1) is 12.8 Å². The number of nitrogens with zero attached hydrogens (tertiary/aromatic N) is 3. The topological polar surface area (TPSA) is 70.5 Å². The summed E-state index contributed by atoms with van der Waals surface area (Å²) in [4.78, 5) is 14.4. The molecule has 1 aliphatic heterocycles. The number of para-hydroxylation sites is 1. The SMILES string of the molecule is CCCOC(NC[C@@H]1CCCN(c2nc(-c3ccccc3O)nc3cc(C)ccc23)C1)=IC. The summed E-state index contributed by atoms with van der Waals surface area (Å²) in [6, 6.07) is 13.6. The summed E-state index contributed by atoms with van der Waals surface area (Å²) < 4.78 is 6.98. The number of rotatable bonds is 8. The second kappa shape index (κ2) is 11.4. The third-order valence-corrected chi connectivity index (χ3v) is 7.60. The molecule has 0 aliphatic carbocycles. The minimum atomic E-state index is -0.0916. The first-order chi connectivity index (χ1) is 16.1. The molecule has 33 heavy (non-hydrogen) atoms. The molecule has 0 bridgehead atoms. The van der Waals surface area contributed by atoms with E-state index in [9.17, 15) is 5.11 Å². The molecular weight excluding hydrogens is 527 g/mol. The van der Waals surface area contributed by atoms with Crippen LogP contribution in [0.1, 0.15) is 31.7 Å². The van der Waals surface area contributed by atoms with Crippen LogP contribution in [0.5, 0.6) is 5.75 Å². The zero-order valence-corrected chi connectivity index (χ0v) is 21.8. The Morgan fingerprint density at radius 3 is 2.88 bits per heavy atom. The Labute approximate surface area is 206 Å². The molecule has 0 spiro atoms. The number of phenols is 1. The molecule has 0 amide bonds. The summed E-state index contributed by atoms with van der Waals surface area (Å²) in [6.45, 7) is 7.85. The van der Waals surface area contributed by atoms with Gasteiger partial charge in [-0.3, -0.25) is 5.32 Å². The molecule has 2 N–H and O–H groups in total. The van der Waals surface area contributed by atoms with Gasteiger partial charge in [0.2, 0.25) is 0 Å². The van der Waals surface area contributed by atoms with Gasteiger partial charge in [-0.1, -0.05) is 45.9 Å². The Morgan fingerprint density at radius 2 is 2.09 bits per heavy atom. The van der Waals surface area contributed by atoms with Crippen LogP contribution in [-0.2, 0) is 4.74 Å². The van der Waals surface area contributed by atoms with E-state index < -0.39 is 0 Å². The number of hydrogen-bond acceptors (Lipinski definition) is 6. The fraction of sp³-hybridized carbons (Fsp3) is 0.423. The Kier molecular flexibility index (Phi) is 8.27. The van der Waals surface area contributed by atoms with E-state index in [1.807, 2.05) is 18.2 Å². The van der Waals surface area contributed by atoms with Crippen molar-refractivity contribution >= 4 is 41.3 Å². The first-order valence-corrected chi connectivity index (χ1v) is 14.9. The number of ether oxygens (including phenoxy) is 1. The summed E-state index contributed by atoms with van der Waals surface area (Å²) in [5.41, 5.74) is 2.74. The van der Waals surface area contributed by atoms with Crippen molar-refractivity contribution in [2.75, 3.05) is 36.1 Å². The monoisotopic (exact) mass is 560 g/mol. The van der Waals surface area contributed by atoms with Gasteiger partial charge in [-0.25, -0.2) is 9.97 Å². The number of aromatic nitrogens is 2. The van der Waals surface area contributed by atoms with E-state index in [0.29, 0.717) is 17.3 Å². The third kappa shape index (κ3) is 5.88. The summed E-state index contributed by atoms with van der Waals surface area (Å²) in [7, 11) is 0. The van der Waals surface area contributed by atoms with Gasteiger partial charge in [-0.05, 0) is 66.9 Å². The molecule has 2 heterocycles. The van der Waals surface area contributed by atoms with E-state index in [0.717, 1.165) is 65.2 Å². The van der Waals surface area contributed by atoms with Crippen molar-refractivity contribution in [2.24, 2.45) is 5.92 Å². The molecule has 1 aromatic heterocycles. The van der Waals surface area contributed by atoms with Crippen LogP contribution in [0.3, 0.4) is 0 Å². The minimum Gasteiger partial charge on any atom is -0.507 e. The van der Waals surface area contributed by atoms with Crippen LogP contribution in [-0.4, -0.2) is 50.1 Å². The highest BCUT2D eigenvalue weighted by Crippen LogP contribution is 2.33. The lowest BCUT2D eigenvalue weighted by atomic mass is 9.97. The Balaban J connectivity index is 1.62. The van der Waals surface area contributed by atoms with E-state index in [2.05, 4.69) is 47.2 Å². The molecule has 176 valence electrons. The number of fused-ring (bicyclic) bond motifs is 1. The zero-order chi connectivity index (χ0) is 23.2. The smallest absolute Gasteiger partial charge is 0.165 e. The average molecular weight is 560 g/mol. The number of alkyl halides is 1. The molecule has 1 fully saturated rings. The van der Waals surface area contributed by atoms with Gasteiger partial charge in [-0.15, -0.1) is 0 Å². The van der Waals surface area contributed by atoms with Crippen molar-refractivity contribution in [3.05, 3.63) is 48.0 Å². The summed E-state index contributed by atoms with van der Waals surface area (Å²) in [5.74, 6) is 2.26. The number of aromatic hydroxyl groups is 1. The van der Waals surface area contributed by atoms with Crippen molar-refractivity contribution < 1.29 is 9.84 Å². The standard InChI is InChI=1S/C26H33IN4O2/c1-4-14-33-26(27-3)28-16-19-8-7-13-31(17-19)25-20-12-11-18(2)15-22(20)29-24(30-25)21-9-5-6-10-23(21)32/h5-6,9-12,15,19,28,32H,4,7-8,13-14,16-17H2,1-3H3/t19-/m0/s1. The third-order valence-electron chi connectivity index (χ3n) is 5.93. The Morgan fingerprint density at radius 1 is 1.24 bits per heavy atom. The van der Waals surface area contributed by atoms with E-state index in [-0.39, 0.29) is 26.5 Å². The second-order valence-corrected chi connectivity index (χ2v) is 10.6. The fourth-order valence-corrected chi connectivity index (χ4v) is 5.39. The van der Waals surface area contributed by atoms with Gasteiger partial charge in [0.25, 0.3) is 0 Å². The lowest BCUT2D eigenvalue weighted by Gasteiger charge is -2.34. The highest BCUT2D eigenvalue weighted by Gasteiger charge is 2.24. The van der Waals surface area contributed by atoms with Gasteiger partial charge >= 0.3 is 0 Å². The van der Waals surface area contributed by atoms with Crippen LogP contribution in [0.2, 0.25) is 0 Å². The molecule has 6 nitrogen and oxygen atoms in total. The number of benzene rings is 2. The molecule has 0 radical (unpaired) electrons. The maximum absolute atomic E-state index is 10.4. The molecule has 7 heteroatoms. The molecule has 0 unspecified atom stereocenters. The number of hydrogen-bond donors (Lipinski definition) is 2. The molecule has 2 aromatic carbocycles. The predicted molar refractivity (Wildman–Crippen MR) is 146 cm³/mol. The van der Waals surface area contributed by atoms with Gasteiger partial charge in [0.1, 0.15) is 15.4 Å². The van der Waals surface area contributed by atoms with Gasteiger partial charge in [0.15, 0.2) is 5.82 Å². The molecule has 4 rings (SSSR count). The lowest BCUT2D eigenvalue weighted by Crippen LogP contribution is -2.41. The summed E-state index contributed by atoms with van der Waals surface area (Å²) >= 11 is -0.0916. The number of piperidine rings is 1. The van der Waals surface area contributed by atoms with Gasteiger partial charge in [0, 0.05) is 25.0 Å². The highest BCUT2D eigenvalue weighted by molar-refractivity contribution is 14.2. The van der Waals surface area contributed by atoms with Crippen molar-refractivity contribution in [3.8, 4) is 17.1 Å². The van der Waals surface area contributed by atoms with Crippen molar-refractivity contribution in [1.29, 1.82) is 0 Å². The predicted octanol–water partition coefficient (Wildman–Crippen LogP) is 5.23. The molecule has 0 saturated carbocycles. The highest BCUT2D eigenvalue weighted by atomic mass is 127. The lowest BCUT2D eigenvalue weighted by molar-refractivity contribution is 0.294. The molecule has 1 aliphatic rings. The molecule has 1 atom stereocenters. The van der Waals surface area contributed by atoms with Crippen LogP contribution < -0.4 is 10.2 Å². The van der Waals surface area contributed by atoms with E-state index >= 15 is 0 Å². The Hall–Kier alpha value is -2.10. The largest absolute Gasteiger partial charge is 0.507 e. The quantitative estimate of drug-likeness (QED) is 0.291. The van der Waals surface area contributed by atoms with E-state index in [1.165, 1.54) is 6.42 Å². The van der Waals surface area contributed by atoms with Crippen LogP contribution in [0.25, 0.3) is 22.3 Å². The van der Waals surface area contributed by atoms with Crippen LogP contribution in [0.4, 0.5) is 5.82 Å². The summed E-state index contributed by atoms with van der Waals surface area (Å²) in [5, 5.41) is 15.1. The minimum absolute atomic E-state index is 0.0916. The zero-order valence-electron chi connectivity index (χ0n) is 19.6. The van der Waals surface area contributed by atoms with Gasteiger partial charge < -0.3 is 14.7 Å². The van der Waals surface area contributed by atoms with E-state index in [4.69, 9.17) is 14.7 Å². The fourth-order valence-electron chi connectivity index (χ4n) is 4.26.